The molecule has 0 fully saturated rings. The number of fused-ring (bicyclic) bond motifs is 1. The van der Waals surface area contributed by atoms with E-state index in [1.807, 2.05) is 6.92 Å². The van der Waals surface area contributed by atoms with Crippen LogP contribution < -0.4 is 14.8 Å². The zero-order valence-corrected chi connectivity index (χ0v) is 15.4. The fourth-order valence-electron chi connectivity index (χ4n) is 3.20. The Balaban J connectivity index is 2.17. The minimum atomic E-state index is -3.52. The van der Waals surface area contributed by atoms with Gasteiger partial charge in [0.2, 0.25) is 15.9 Å². The number of aryl methyl sites for hydroxylation is 1. The van der Waals surface area contributed by atoms with E-state index in [9.17, 15) is 17.6 Å². The first-order valence-electron chi connectivity index (χ1n) is 7.93. The first kappa shape index (κ1) is 18.2. The van der Waals surface area contributed by atoms with Crippen molar-refractivity contribution in [2.45, 2.75) is 19.3 Å². The van der Waals surface area contributed by atoms with E-state index >= 15 is 0 Å². The van der Waals surface area contributed by atoms with Gasteiger partial charge in [-0.15, -0.1) is 0 Å². The molecule has 0 spiro atoms. The van der Waals surface area contributed by atoms with E-state index in [4.69, 9.17) is 4.74 Å². The van der Waals surface area contributed by atoms with Crippen LogP contribution in [0.3, 0.4) is 0 Å². The minimum Gasteiger partial charge on any atom is -0.495 e. The Morgan fingerprint density at radius 3 is 2.62 bits per heavy atom. The lowest BCUT2D eigenvalue weighted by atomic mass is 9.82. The van der Waals surface area contributed by atoms with E-state index in [0.29, 0.717) is 17.0 Å². The van der Waals surface area contributed by atoms with Gasteiger partial charge < -0.3 is 10.1 Å². The number of halogens is 1. The maximum absolute atomic E-state index is 13.8. The Morgan fingerprint density at radius 2 is 1.96 bits per heavy atom. The quantitative estimate of drug-likeness (QED) is 0.857. The number of methoxy groups -OCH3 is 1. The lowest BCUT2D eigenvalue weighted by Crippen LogP contribution is -2.24. The van der Waals surface area contributed by atoms with Gasteiger partial charge in [0, 0.05) is 18.0 Å². The number of nitrogens with one attached hydrogen (secondary N) is 2. The standard InChI is InChI=1S/C18H19FN2O4S/c1-10-4-5-11(19)6-12(10)13-8-18(22)20-15-9-16(21-26(3,23)24)17(25-2)7-14(13)15/h4-7,9,13,21H,8H2,1-3H3,(H,20,22). The monoisotopic (exact) mass is 378 g/mol. The van der Waals surface area contributed by atoms with E-state index in [2.05, 4.69) is 10.0 Å². The molecule has 1 unspecified atom stereocenters. The molecule has 0 aromatic heterocycles. The molecule has 2 aromatic rings. The van der Waals surface area contributed by atoms with E-state index < -0.39 is 10.0 Å². The maximum Gasteiger partial charge on any atom is 0.229 e. The van der Waals surface area contributed by atoms with Crippen molar-refractivity contribution in [2.75, 3.05) is 23.4 Å². The van der Waals surface area contributed by atoms with Gasteiger partial charge in [0.15, 0.2) is 0 Å². The van der Waals surface area contributed by atoms with Crippen LogP contribution in [0, 0.1) is 12.7 Å². The summed E-state index contributed by atoms with van der Waals surface area (Å²) in [6.07, 6.45) is 1.20. The maximum atomic E-state index is 13.8. The Hall–Kier alpha value is -2.61. The Bertz CT molecular complexity index is 989. The lowest BCUT2D eigenvalue weighted by Gasteiger charge is -2.28. The third kappa shape index (κ3) is 3.65. The van der Waals surface area contributed by atoms with Gasteiger partial charge in [-0.05, 0) is 47.9 Å². The van der Waals surface area contributed by atoms with Gasteiger partial charge in [0.25, 0.3) is 0 Å². The number of sulfonamides is 1. The molecule has 26 heavy (non-hydrogen) atoms. The SMILES string of the molecule is COc1cc2c(cc1NS(C)(=O)=O)NC(=O)CC2c1cc(F)ccc1C. The molecule has 1 aliphatic rings. The van der Waals surface area contributed by atoms with Crippen molar-refractivity contribution in [1.29, 1.82) is 0 Å². The molecule has 1 heterocycles. The molecule has 2 aromatic carbocycles. The summed E-state index contributed by atoms with van der Waals surface area (Å²) in [6.45, 7) is 1.86. The highest BCUT2D eigenvalue weighted by Crippen LogP contribution is 2.43. The average Bonchev–Trinajstić information content (AvgIpc) is 2.54. The number of rotatable bonds is 4. The van der Waals surface area contributed by atoms with Gasteiger partial charge in [-0.3, -0.25) is 9.52 Å². The van der Waals surface area contributed by atoms with Crippen molar-refractivity contribution in [3.8, 4) is 5.75 Å². The summed E-state index contributed by atoms with van der Waals surface area (Å²) >= 11 is 0. The van der Waals surface area contributed by atoms with Crippen LogP contribution in [0.5, 0.6) is 5.75 Å². The van der Waals surface area contributed by atoms with Crippen LogP contribution in [0.25, 0.3) is 0 Å². The molecule has 0 radical (unpaired) electrons. The Kier molecular flexibility index (Phi) is 4.62. The second-order valence-electron chi connectivity index (χ2n) is 6.32. The smallest absolute Gasteiger partial charge is 0.229 e. The van der Waals surface area contributed by atoms with Crippen LogP contribution in [0.2, 0.25) is 0 Å². The normalized spacial score (nSPS) is 16.6. The number of carbonyl (C=O) groups excluding carboxylic acids is 1. The number of carbonyl (C=O) groups is 1. The lowest BCUT2D eigenvalue weighted by molar-refractivity contribution is -0.116. The van der Waals surface area contributed by atoms with Gasteiger partial charge in [0.05, 0.1) is 19.1 Å². The second-order valence-corrected chi connectivity index (χ2v) is 8.07. The van der Waals surface area contributed by atoms with Gasteiger partial charge in [-0.25, -0.2) is 12.8 Å². The average molecular weight is 378 g/mol. The molecular formula is C18H19FN2O4S. The van der Waals surface area contributed by atoms with Crippen molar-refractivity contribution in [2.24, 2.45) is 0 Å². The van der Waals surface area contributed by atoms with Gasteiger partial charge in [0.1, 0.15) is 11.6 Å². The zero-order valence-electron chi connectivity index (χ0n) is 14.6. The Morgan fingerprint density at radius 1 is 1.23 bits per heavy atom. The number of hydrogen-bond acceptors (Lipinski definition) is 4. The van der Waals surface area contributed by atoms with Crippen molar-refractivity contribution < 1.29 is 22.3 Å². The summed E-state index contributed by atoms with van der Waals surface area (Å²) in [5.74, 6) is -0.623. The molecule has 8 heteroatoms. The highest BCUT2D eigenvalue weighted by molar-refractivity contribution is 7.92. The molecule has 0 saturated heterocycles. The van der Waals surface area contributed by atoms with Crippen LogP contribution in [-0.4, -0.2) is 27.7 Å². The number of benzene rings is 2. The van der Waals surface area contributed by atoms with Crippen LogP contribution in [0.1, 0.15) is 29.0 Å². The predicted octanol–water partition coefficient (Wildman–Crippen LogP) is 2.99. The molecule has 0 saturated carbocycles. The van der Waals surface area contributed by atoms with Crippen LogP contribution in [0.4, 0.5) is 15.8 Å². The molecule has 3 rings (SSSR count). The predicted molar refractivity (Wildman–Crippen MR) is 97.7 cm³/mol. The summed E-state index contributed by atoms with van der Waals surface area (Å²) < 4.78 is 44.6. The highest BCUT2D eigenvalue weighted by Gasteiger charge is 2.29. The first-order valence-corrected chi connectivity index (χ1v) is 9.82. The zero-order chi connectivity index (χ0) is 19.1. The number of ether oxygens (including phenoxy) is 1. The molecule has 1 aliphatic heterocycles. The van der Waals surface area contributed by atoms with Crippen LogP contribution >= 0.6 is 0 Å². The minimum absolute atomic E-state index is 0.166. The third-order valence-corrected chi connectivity index (χ3v) is 4.91. The van der Waals surface area contributed by atoms with Gasteiger partial charge >= 0.3 is 0 Å². The first-order chi connectivity index (χ1) is 12.2. The number of amides is 1. The fraction of sp³-hybridized carbons (Fsp3) is 0.278. The van der Waals surface area contributed by atoms with Crippen molar-refractivity contribution in [3.05, 3.63) is 52.8 Å². The molecule has 2 N–H and O–H groups in total. The topological polar surface area (TPSA) is 84.5 Å². The second kappa shape index (κ2) is 6.60. The van der Waals surface area contributed by atoms with Gasteiger partial charge in [-0.2, -0.15) is 0 Å². The van der Waals surface area contributed by atoms with Crippen molar-refractivity contribution in [3.63, 3.8) is 0 Å². The molecule has 0 bridgehead atoms. The summed E-state index contributed by atoms with van der Waals surface area (Å²) in [7, 11) is -2.09. The third-order valence-electron chi connectivity index (χ3n) is 4.32. The Labute approximate surface area is 151 Å². The molecule has 1 amide bonds. The molecule has 6 nitrogen and oxygen atoms in total. The number of anilines is 2. The van der Waals surface area contributed by atoms with E-state index in [1.165, 1.54) is 25.3 Å². The molecule has 138 valence electrons. The van der Waals surface area contributed by atoms with E-state index in [-0.39, 0.29) is 29.8 Å². The molecular weight excluding hydrogens is 359 g/mol. The summed E-state index contributed by atoms with van der Waals surface area (Å²) in [4.78, 5) is 12.2. The van der Waals surface area contributed by atoms with Crippen LogP contribution in [0.15, 0.2) is 30.3 Å². The summed E-state index contributed by atoms with van der Waals surface area (Å²) in [5, 5.41) is 2.75. The van der Waals surface area contributed by atoms with Crippen LogP contribution in [-0.2, 0) is 14.8 Å². The van der Waals surface area contributed by atoms with Gasteiger partial charge in [-0.1, -0.05) is 6.07 Å². The number of hydrogen-bond donors (Lipinski definition) is 2. The largest absolute Gasteiger partial charge is 0.495 e. The molecule has 0 aliphatic carbocycles. The van der Waals surface area contributed by atoms with Crippen molar-refractivity contribution in [1.82, 2.24) is 0 Å². The van der Waals surface area contributed by atoms with Crippen molar-refractivity contribution >= 4 is 27.3 Å². The fourth-order valence-corrected chi connectivity index (χ4v) is 3.76. The van der Waals surface area contributed by atoms with E-state index in [0.717, 1.165) is 17.4 Å². The summed E-state index contributed by atoms with van der Waals surface area (Å²) in [5.41, 5.74) is 3.03. The molecule has 1 atom stereocenters. The summed E-state index contributed by atoms with van der Waals surface area (Å²) in [6, 6.07) is 7.68. The van der Waals surface area contributed by atoms with E-state index in [1.54, 1.807) is 12.1 Å². The highest BCUT2D eigenvalue weighted by atomic mass is 32.2.